The van der Waals surface area contributed by atoms with Crippen molar-refractivity contribution < 1.29 is 23.8 Å². The molecular formula is C30H29ClFNO4S. The molecule has 1 N–H and O–H groups in total. The van der Waals surface area contributed by atoms with E-state index in [0.717, 1.165) is 37.4 Å². The summed E-state index contributed by atoms with van der Waals surface area (Å²) in [5, 5.41) is 10.7. The molecule has 38 heavy (non-hydrogen) atoms. The Morgan fingerprint density at radius 1 is 1.16 bits per heavy atom. The first-order valence-corrected chi connectivity index (χ1v) is 13.9. The van der Waals surface area contributed by atoms with Gasteiger partial charge in [0.25, 0.3) is 0 Å². The highest BCUT2D eigenvalue weighted by molar-refractivity contribution is 7.21. The second-order valence-corrected chi connectivity index (χ2v) is 11.1. The number of aryl methyl sites for hydroxylation is 1. The second kappa shape index (κ2) is 11.3. The number of hydrogen-bond donors (Lipinski definition) is 1. The van der Waals surface area contributed by atoms with E-state index in [4.69, 9.17) is 21.1 Å². The topological polar surface area (TPSA) is 59.0 Å². The van der Waals surface area contributed by atoms with Gasteiger partial charge in [-0.3, -0.25) is 9.69 Å². The Morgan fingerprint density at radius 2 is 1.92 bits per heavy atom. The van der Waals surface area contributed by atoms with Gasteiger partial charge in [0.05, 0.1) is 5.02 Å². The number of nitrogens with zero attached hydrogens (tertiary/aromatic N) is 1. The van der Waals surface area contributed by atoms with Gasteiger partial charge in [-0.25, -0.2) is 4.39 Å². The molecule has 0 radical (unpaired) electrons. The number of carbonyl (C=O) groups is 1. The number of fused-ring (bicyclic) bond motifs is 1. The van der Waals surface area contributed by atoms with Crippen LogP contribution < -0.4 is 9.47 Å². The smallest absolute Gasteiger partial charge is 0.208 e. The number of aromatic hydroxyl groups is 1. The number of phenols is 1. The van der Waals surface area contributed by atoms with Gasteiger partial charge in [-0.2, -0.15) is 0 Å². The van der Waals surface area contributed by atoms with Crippen molar-refractivity contribution in [2.24, 2.45) is 5.92 Å². The van der Waals surface area contributed by atoms with Crippen LogP contribution >= 0.6 is 22.9 Å². The van der Waals surface area contributed by atoms with Gasteiger partial charge in [0.1, 0.15) is 34.5 Å². The zero-order valence-electron chi connectivity index (χ0n) is 21.3. The average Bonchev–Trinajstić information content (AvgIpc) is 3.48. The van der Waals surface area contributed by atoms with E-state index in [0.29, 0.717) is 38.6 Å². The number of likely N-dealkylation sites (tertiary alicyclic amines) is 1. The van der Waals surface area contributed by atoms with E-state index < -0.39 is 5.82 Å². The Kier molecular flexibility index (Phi) is 7.88. The molecule has 1 aromatic heterocycles. The van der Waals surface area contributed by atoms with Crippen LogP contribution in [0, 0.1) is 18.7 Å². The molecule has 0 saturated carbocycles. The lowest BCUT2D eigenvalue weighted by Gasteiger charge is -2.16. The number of benzene rings is 3. The molecule has 1 aliphatic heterocycles. The Hall–Kier alpha value is -3.13. The van der Waals surface area contributed by atoms with Crippen LogP contribution in [-0.4, -0.2) is 42.0 Å². The summed E-state index contributed by atoms with van der Waals surface area (Å²) in [6, 6.07) is 14.5. The standard InChI is InChI=1S/C30H29ClFNO4S/c1-3-19-10-11-33(17-19)12-13-36-22-5-7-23(8-6-22)37-29-24-9-4-21(34)16-26(24)38-30(29)28(35)27-18(2)14-20(32)15-25(27)31/h4-9,14-16,19,34H,3,10-13,17H2,1-2H3/t19-/m0/s1. The summed E-state index contributed by atoms with van der Waals surface area (Å²) in [7, 11) is 0. The first-order chi connectivity index (χ1) is 18.3. The van der Waals surface area contributed by atoms with Crippen LogP contribution in [0.2, 0.25) is 5.02 Å². The lowest BCUT2D eigenvalue weighted by Crippen LogP contribution is -2.26. The van der Waals surface area contributed by atoms with Crippen molar-refractivity contribution >= 4 is 38.8 Å². The molecule has 1 aliphatic rings. The minimum atomic E-state index is -0.505. The summed E-state index contributed by atoms with van der Waals surface area (Å²) >= 11 is 7.47. The third kappa shape index (κ3) is 5.65. The summed E-state index contributed by atoms with van der Waals surface area (Å²) < 4.78 is 26.7. The highest BCUT2D eigenvalue weighted by Crippen LogP contribution is 2.43. The lowest BCUT2D eigenvalue weighted by molar-refractivity contribution is 0.104. The van der Waals surface area contributed by atoms with Gasteiger partial charge in [-0.15, -0.1) is 11.3 Å². The molecule has 5 nitrogen and oxygen atoms in total. The monoisotopic (exact) mass is 553 g/mol. The van der Waals surface area contributed by atoms with E-state index in [1.54, 1.807) is 37.3 Å². The van der Waals surface area contributed by atoms with Gasteiger partial charge < -0.3 is 14.6 Å². The minimum absolute atomic E-state index is 0.0411. The average molecular weight is 554 g/mol. The number of ketones is 1. The molecule has 0 bridgehead atoms. The van der Waals surface area contributed by atoms with Crippen LogP contribution in [0.3, 0.4) is 0 Å². The van der Waals surface area contributed by atoms with E-state index in [-0.39, 0.29) is 22.1 Å². The number of rotatable bonds is 9. The molecule has 3 aromatic carbocycles. The maximum absolute atomic E-state index is 13.8. The third-order valence-corrected chi connectivity index (χ3v) is 8.41. The molecule has 2 heterocycles. The summed E-state index contributed by atoms with van der Waals surface area (Å²) in [6.07, 6.45) is 2.49. The third-order valence-electron chi connectivity index (χ3n) is 6.98. The number of hydrogen-bond acceptors (Lipinski definition) is 6. The molecule has 5 rings (SSSR count). The fourth-order valence-corrected chi connectivity index (χ4v) is 6.33. The molecule has 0 spiro atoms. The van der Waals surface area contributed by atoms with E-state index in [1.807, 2.05) is 12.1 Å². The Balaban J connectivity index is 1.36. The zero-order valence-corrected chi connectivity index (χ0v) is 22.9. The van der Waals surface area contributed by atoms with Crippen LogP contribution in [-0.2, 0) is 0 Å². The van der Waals surface area contributed by atoms with Crippen LogP contribution in [0.15, 0.2) is 54.6 Å². The molecule has 1 fully saturated rings. The van der Waals surface area contributed by atoms with Gasteiger partial charge in [0, 0.05) is 28.7 Å². The van der Waals surface area contributed by atoms with Crippen molar-refractivity contribution in [2.45, 2.75) is 26.7 Å². The van der Waals surface area contributed by atoms with Gasteiger partial charge in [-0.1, -0.05) is 24.9 Å². The highest BCUT2D eigenvalue weighted by Gasteiger charge is 2.26. The van der Waals surface area contributed by atoms with Crippen molar-refractivity contribution in [2.75, 3.05) is 26.2 Å². The fraction of sp³-hybridized carbons (Fsp3) is 0.300. The van der Waals surface area contributed by atoms with Crippen molar-refractivity contribution in [3.05, 3.63) is 81.4 Å². The Morgan fingerprint density at radius 3 is 2.63 bits per heavy atom. The molecule has 8 heteroatoms. The van der Waals surface area contributed by atoms with E-state index in [2.05, 4.69) is 11.8 Å². The molecule has 0 unspecified atom stereocenters. The van der Waals surface area contributed by atoms with Crippen LogP contribution in [0.4, 0.5) is 4.39 Å². The number of ether oxygens (including phenoxy) is 2. The highest BCUT2D eigenvalue weighted by atomic mass is 35.5. The maximum Gasteiger partial charge on any atom is 0.208 e. The number of halogens is 2. The molecule has 198 valence electrons. The maximum atomic E-state index is 13.8. The summed E-state index contributed by atoms with van der Waals surface area (Å²) in [4.78, 5) is 16.4. The van der Waals surface area contributed by atoms with E-state index >= 15 is 0 Å². The Bertz CT molecular complexity index is 1450. The molecule has 1 saturated heterocycles. The summed E-state index contributed by atoms with van der Waals surface area (Å²) in [5.74, 6) is 1.65. The molecule has 0 amide bonds. The predicted molar refractivity (Wildman–Crippen MR) is 150 cm³/mol. The van der Waals surface area contributed by atoms with Crippen molar-refractivity contribution in [1.29, 1.82) is 0 Å². The van der Waals surface area contributed by atoms with Crippen LogP contribution in [0.25, 0.3) is 10.1 Å². The van der Waals surface area contributed by atoms with Crippen LogP contribution in [0.1, 0.15) is 40.6 Å². The van der Waals surface area contributed by atoms with Crippen LogP contribution in [0.5, 0.6) is 23.0 Å². The second-order valence-electron chi connectivity index (χ2n) is 9.63. The summed E-state index contributed by atoms with van der Waals surface area (Å²) in [5.41, 5.74) is 0.660. The lowest BCUT2D eigenvalue weighted by atomic mass is 10.0. The van der Waals surface area contributed by atoms with Gasteiger partial charge in [0.2, 0.25) is 5.78 Å². The fourth-order valence-electron chi connectivity index (χ4n) is 4.88. The van der Waals surface area contributed by atoms with Gasteiger partial charge in [-0.05, 0) is 86.0 Å². The number of thiophene rings is 1. The molecule has 4 aromatic rings. The normalized spacial score (nSPS) is 15.7. The largest absolute Gasteiger partial charge is 0.508 e. The molecule has 0 aliphatic carbocycles. The molecular weight excluding hydrogens is 525 g/mol. The molecule has 1 atom stereocenters. The van der Waals surface area contributed by atoms with Crippen molar-refractivity contribution in [3.8, 4) is 23.0 Å². The Labute approximate surface area is 230 Å². The summed E-state index contributed by atoms with van der Waals surface area (Å²) in [6.45, 7) is 7.68. The zero-order chi connectivity index (χ0) is 26.8. The first kappa shape index (κ1) is 26.5. The van der Waals surface area contributed by atoms with E-state index in [9.17, 15) is 14.3 Å². The first-order valence-electron chi connectivity index (χ1n) is 12.7. The quantitative estimate of drug-likeness (QED) is 0.214. The van der Waals surface area contributed by atoms with Crippen molar-refractivity contribution in [1.82, 2.24) is 4.90 Å². The SMILES string of the molecule is CC[C@H]1CCN(CCOc2ccc(Oc3c(C(=O)c4c(C)cc(F)cc4Cl)sc4cc(O)ccc34)cc2)C1. The van der Waals surface area contributed by atoms with Crippen molar-refractivity contribution in [3.63, 3.8) is 0 Å². The number of carbonyl (C=O) groups excluding carboxylic acids is 1. The van der Waals surface area contributed by atoms with Gasteiger partial charge in [0.15, 0.2) is 5.75 Å². The minimum Gasteiger partial charge on any atom is -0.508 e. The van der Waals surface area contributed by atoms with Gasteiger partial charge >= 0.3 is 0 Å². The number of phenolic OH excluding ortho intramolecular Hbond substituents is 1. The predicted octanol–water partition coefficient (Wildman–Crippen LogP) is 7.84. The van der Waals surface area contributed by atoms with E-state index in [1.165, 1.54) is 30.2 Å².